The molecule has 0 radical (unpaired) electrons. The SMILES string of the molecule is CCc1noc(C2CCN(C(=O)[C@@H]3C[C@@H]3c3ccccc3)CC2)n1. The van der Waals surface area contributed by atoms with Gasteiger partial charge in [0.15, 0.2) is 5.82 Å². The van der Waals surface area contributed by atoms with Gasteiger partial charge in [-0.2, -0.15) is 4.98 Å². The van der Waals surface area contributed by atoms with Crippen molar-refractivity contribution in [2.45, 2.75) is 44.4 Å². The average Bonchev–Trinajstić information content (AvgIpc) is 3.31. The third-order valence-corrected chi connectivity index (χ3v) is 5.29. The van der Waals surface area contributed by atoms with Crippen LogP contribution in [0.3, 0.4) is 0 Å². The third-order valence-electron chi connectivity index (χ3n) is 5.29. The van der Waals surface area contributed by atoms with Crippen molar-refractivity contribution in [1.29, 1.82) is 0 Å². The van der Waals surface area contributed by atoms with Gasteiger partial charge in [0.25, 0.3) is 0 Å². The Kier molecular flexibility index (Phi) is 4.08. The van der Waals surface area contributed by atoms with Crippen LogP contribution in [-0.4, -0.2) is 34.0 Å². The van der Waals surface area contributed by atoms with Gasteiger partial charge in [0, 0.05) is 31.3 Å². The highest BCUT2D eigenvalue weighted by Crippen LogP contribution is 2.48. The van der Waals surface area contributed by atoms with Crippen LogP contribution in [0.4, 0.5) is 0 Å². The minimum Gasteiger partial charge on any atom is -0.342 e. The second-order valence-corrected chi connectivity index (χ2v) is 6.86. The summed E-state index contributed by atoms with van der Waals surface area (Å²) in [5.41, 5.74) is 1.30. The smallest absolute Gasteiger partial charge is 0.229 e. The van der Waals surface area contributed by atoms with Crippen LogP contribution in [-0.2, 0) is 11.2 Å². The van der Waals surface area contributed by atoms with E-state index in [0.717, 1.165) is 50.5 Å². The normalized spacial score (nSPS) is 24.1. The Morgan fingerprint density at radius 1 is 1.25 bits per heavy atom. The number of carbonyl (C=O) groups is 1. The molecule has 1 saturated heterocycles. The molecule has 0 spiro atoms. The average molecular weight is 325 g/mol. The molecule has 2 heterocycles. The summed E-state index contributed by atoms with van der Waals surface area (Å²) in [5, 5.41) is 3.98. The maximum absolute atomic E-state index is 12.7. The topological polar surface area (TPSA) is 59.2 Å². The quantitative estimate of drug-likeness (QED) is 0.866. The van der Waals surface area contributed by atoms with Crippen LogP contribution < -0.4 is 0 Å². The molecule has 1 aromatic carbocycles. The van der Waals surface area contributed by atoms with Gasteiger partial charge in [-0.05, 0) is 30.7 Å². The van der Waals surface area contributed by atoms with Crippen molar-refractivity contribution in [3.8, 4) is 0 Å². The number of piperidine rings is 1. The number of hydrogen-bond donors (Lipinski definition) is 0. The molecule has 24 heavy (non-hydrogen) atoms. The van der Waals surface area contributed by atoms with Crippen LogP contribution in [0.2, 0.25) is 0 Å². The minimum atomic E-state index is 0.180. The number of likely N-dealkylation sites (tertiary alicyclic amines) is 1. The van der Waals surface area contributed by atoms with E-state index < -0.39 is 0 Å². The van der Waals surface area contributed by atoms with Crippen LogP contribution in [0, 0.1) is 5.92 Å². The fourth-order valence-electron chi connectivity index (χ4n) is 3.69. The molecule has 5 heteroatoms. The van der Waals surface area contributed by atoms with Gasteiger partial charge in [0.2, 0.25) is 11.8 Å². The van der Waals surface area contributed by atoms with E-state index in [1.807, 2.05) is 17.9 Å². The molecule has 0 N–H and O–H groups in total. The maximum Gasteiger partial charge on any atom is 0.229 e. The summed E-state index contributed by atoms with van der Waals surface area (Å²) in [4.78, 5) is 19.2. The molecule has 2 atom stereocenters. The molecule has 0 bridgehead atoms. The molecule has 5 nitrogen and oxygen atoms in total. The fraction of sp³-hybridized carbons (Fsp3) is 0.526. The molecular weight excluding hydrogens is 302 g/mol. The zero-order valence-electron chi connectivity index (χ0n) is 14.0. The van der Waals surface area contributed by atoms with Crippen LogP contribution in [0.5, 0.6) is 0 Å². The van der Waals surface area contributed by atoms with E-state index in [2.05, 4.69) is 34.4 Å². The monoisotopic (exact) mass is 325 g/mol. The van der Waals surface area contributed by atoms with Crippen molar-refractivity contribution in [1.82, 2.24) is 15.0 Å². The first-order chi connectivity index (χ1) is 11.8. The van der Waals surface area contributed by atoms with E-state index in [1.165, 1.54) is 5.56 Å². The molecule has 1 saturated carbocycles. The number of carbonyl (C=O) groups excluding carboxylic acids is 1. The predicted octanol–water partition coefficient (Wildman–Crippen LogP) is 3.14. The van der Waals surface area contributed by atoms with Gasteiger partial charge in [-0.1, -0.05) is 42.4 Å². The largest absolute Gasteiger partial charge is 0.342 e. The third kappa shape index (κ3) is 2.95. The first kappa shape index (κ1) is 15.4. The highest BCUT2D eigenvalue weighted by molar-refractivity contribution is 5.83. The number of aryl methyl sites for hydroxylation is 1. The van der Waals surface area contributed by atoms with Crippen LogP contribution >= 0.6 is 0 Å². The standard InChI is InChI=1S/C19H23N3O2/c1-2-17-20-18(24-21-17)14-8-10-22(11-9-14)19(23)16-12-15(16)13-6-4-3-5-7-13/h3-7,14-16H,2,8-12H2,1H3/t15-,16-/m1/s1. The number of nitrogens with zero attached hydrogens (tertiary/aromatic N) is 3. The highest BCUT2D eigenvalue weighted by atomic mass is 16.5. The number of aromatic nitrogens is 2. The van der Waals surface area contributed by atoms with E-state index in [0.29, 0.717) is 17.7 Å². The summed E-state index contributed by atoms with van der Waals surface area (Å²) in [7, 11) is 0. The first-order valence-electron chi connectivity index (χ1n) is 8.92. The summed E-state index contributed by atoms with van der Waals surface area (Å²) in [5.74, 6) is 2.73. The Hall–Kier alpha value is -2.17. The van der Waals surface area contributed by atoms with Crippen LogP contribution in [0.25, 0.3) is 0 Å². The van der Waals surface area contributed by atoms with Gasteiger partial charge < -0.3 is 9.42 Å². The van der Waals surface area contributed by atoms with Gasteiger partial charge in [0.1, 0.15) is 0 Å². The van der Waals surface area contributed by atoms with Crippen LogP contribution in [0.1, 0.15) is 55.3 Å². The maximum atomic E-state index is 12.7. The van der Waals surface area contributed by atoms with Crippen molar-refractivity contribution in [3.05, 3.63) is 47.6 Å². The van der Waals surface area contributed by atoms with Gasteiger partial charge in [0.05, 0.1) is 0 Å². The Labute approximate surface area is 142 Å². The number of hydrogen-bond acceptors (Lipinski definition) is 4. The number of rotatable bonds is 4. The lowest BCUT2D eigenvalue weighted by molar-refractivity contribution is -0.133. The number of benzene rings is 1. The van der Waals surface area contributed by atoms with Gasteiger partial charge >= 0.3 is 0 Å². The highest BCUT2D eigenvalue weighted by Gasteiger charge is 2.46. The molecular formula is C19H23N3O2. The Bertz CT molecular complexity index is 704. The van der Waals surface area contributed by atoms with E-state index in [-0.39, 0.29) is 5.92 Å². The molecule has 2 aromatic rings. The molecule has 0 unspecified atom stereocenters. The molecule has 2 fully saturated rings. The zero-order chi connectivity index (χ0) is 16.5. The first-order valence-corrected chi connectivity index (χ1v) is 8.92. The van der Waals surface area contributed by atoms with E-state index in [1.54, 1.807) is 0 Å². The van der Waals surface area contributed by atoms with Gasteiger partial charge in [-0.15, -0.1) is 0 Å². The van der Waals surface area contributed by atoms with Crippen molar-refractivity contribution in [3.63, 3.8) is 0 Å². The molecule has 1 aliphatic heterocycles. The lowest BCUT2D eigenvalue weighted by atomic mass is 9.96. The second kappa shape index (κ2) is 6.38. The summed E-state index contributed by atoms with van der Waals surface area (Å²) < 4.78 is 5.36. The summed E-state index contributed by atoms with van der Waals surface area (Å²) in [6, 6.07) is 10.4. The Morgan fingerprint density at radius 2 is 2.00 bits per heavy atom. The van der Waals surface area contributed by atoms with E-state index in [4.69, 9.17) is 4.52 Å². The van der Waals surface area contributed by atoms with Crippen molar-refractivity contribution < 1.29 is 9.32 Å². The Balaban J connectivity index is 1.32. The van der Waals surface area contributed by atoms with Gasteiger partial charge in [-0.3, -0.25) is 4.79 Å². The minimum absolute atomic E-state index is 0.180. The molecule has 4 rings (SSSR count). The lowest BCUT2D eigenvalue weighted by Gasteiger charge is -2.30. The molecule has 1 amide bonds. The van der Waals surface area contributed by atoms with Crippen LogP contribution in [0.15, 0.2) is 34.9 Å². The molecule has 1 aliphatic carbocycles. The second-order valence-electron chi connectivity index (χ2n) is 6.86. The number of amides is 1. The summed E-state index contributed by atoms with van der Waals surface area (Å²) in [6.07, 6.45) is 3.62. The van der Waals surface area contributed by atoms with Gasteiger partial charge in [-0.25, -0.2) is 0 Å². The van der Waals surface area contributed by atoms with E-state index in [9.17, 15) is 4.79 Å². The van der Waals surface area contributed by atoms with Crippen molar-refractivity contribution >= 4 is 5.91 Å². The molecule has 126 valence electrons. The molecule has 2 aliphatic rings. The Morgan fingerprint density at radius 3 is 2.67 bits per heavy atom. The van der Waals surface area contributed by atoms with Crippen molar-refractivity contribution in [2.24, 2.45) is 5.92 Å². The van der Waals surface area contributed by atoms with E-state index >= 15 is 0 Å². The zero-order valence-corrected chi connectivity index (χ0v) is 14.0. The lowest BCUT2D eigenvalue weighted by Crippen LogP contribution is -2.39. The summed E-state index contributed by atoms with van der Waals surface area (Å²) >= 11 is 0. The predicted molar refractivity (Wildman–Crippen MR) is 89.5 cm³/mol. The molecule has 1 aromatic heterocycles. The van der Waals surface area contributed by atoms with Crippen molar-refractivity contribution in [2.75, 3.05) is 13.1 Å². The fourth-order valence-corrected chi connectivity index (χ4v) is 3.69. The summed E-state index contributed by atoms with van der Waals surface area (Å²) in [6.45, 7) is 3.62.